The monoisotopic (exact) mass is 336 g/mol. The van der Waals surface area contributed by atoms with Crippen molar-refractivity contribution in [2.45, 2.75) is 25.6 Å². The van der Waals surface area contributed by atoms with Gasteiger partial charge < -0.3 is 9.64 Å². The lowest BCUT2D eigenvalue weighted by Gasteiger charge is -2.42. The molecule has 1 aliphatic rings. The Hall–Kier alpha value is -0.390. The molecule has 6 heteroatoms. The van der Waals surface area contributed by atoms with Gasteiger partial charge in [0.2, 0.25) is 0 Å². The predicted molar refractivity (Wildman–Crippen MR) is 74.2 cm³/mol. The summed E-state index contributed by atoms with van der Waals surface area (Å²) in [6.45, 7) is 5.19. The molecule has 1 fully saturated rings. The molecule has 0 aromatic carbocycles. The van der Waals surface area contributed by atoms with Crippen LogP contribution in [0.4, 0.5) is 10.2 Å². The van der Waals surface area contributed by atoms with Gasteiger partial charge in [0.25, 0.3) is 0 Å². The highest BCUT2D eigenvalue weighted by Crippen LogP contribution is 2.28. The molecule has 0 spiro atoms. The first-order valence-electron chi connectivity index (χ1n) is 5.71. The maximum atomic E-state index is 13.9. The van der Waals surface area contributed by atoms with E-state index in [2.05, 4.69) is 20.9 Å². The van der Waals surface area contributed by atoms with Gasteiger partial charge in [0.1, 0.15) is 0 Å². The summed E-state index contributed by atoms with van der Waals surface area (Å²) in [4.78, 5) is 5.99. The van der Waals surface area contributed by atoms with E-state index in [1.165, 1.54) is 12.3 Å². The quantitative estimate of drug-likeness (QED) is 0.775. The Morgan fingerprint density at radius 3 is 3.00 bits per heavy atom. The lowest BCUT2D eigenvalue weighted by Crippen LogP contribution is -2.53. The second-order valence-corrected chi connectivity index (χ2v) is 6.08. The molecule has 0 saturated carbocycles. The van der Waals surface area contributed by atoms with E-state index in [0.717, 1.165) is 0 Å². The van der Waals surface area contributed by atoms with Gasteiger partial charge in [-0.1, -0.05) is 27.5 Å². The third-order valence-corrected chi connectivity index (χ3v) is 3.67. The van der Waals surface area contributed by atoms with Crippen LogP contribution in [0.25, 0.3) is 0 Å². The standard InChI is InChI=1S/C12H15BrClFN2O/c1-12(2)7-17(6-9(4-13)18-12)11-10(15)3-8(14)5-16-11/h3,5,9H,4,6-7H2,1-2H3. The van der Waals surface area contributed by atoms with E-state index in [1.54, 1.807) is 0 Å². The van der Waals surface area contributed by atoms with Gasteiger partial charge in [0.05, 0.1) is 16.7 Å². The van der Waals surface area contributed by atoms with Gasteiger partial charge in [0.15, 0.2) is 11.6 Å². The number of morpholine rings is 1. The van der Waals surface area contributed by atoms with Crippen LogP contribution in [-0.4, -0.2) is 35.1 Å². The van der Waals surface area contributed by atoms with Crippen molar-refractivity contribution in [2.24, 2.45) is 0 Å². The van der Waals surface area contributed by atoms with Gasteiger partial charge in [-0.2, -0.15) is 0 Å². The van der Waals surface area contributed by atoms with Crippen molar-refractivity contribution in [3.8, 4) is 0 Å². The lowest BCUT2D eigenvalue weighted by atomic mass is 10.1. The van der Waals surface area contributed by atoms with Crippen LogP contribution in [0.2, 0.25) is 5.02 Å². The molecule has 2 heterocycles. The van der Waals surface area contributed by atoms with Crippen LogP contribution < -0.4 is 4.90 Å². The first-order valence-corrected chi connectivity index (χ1v) is 7.21. The fourth-order valence-corrected chi connectivity index (χ4v) is 2.66. The van der Waals surface area contributed by atoms with Crippen LogP contribution in [0, 0.1) is 5.82 Å². The highest BCUT2D eigenvalue weighted by atomic mass is 79.9. The van der Waals surface area contributed by atoms with Crippen LogP contribution in [0.1, 0.15) is 13.8 Å². The lowest BCUT2D eigenvalue weighted by molar-refractivity contribution is -0.0727. The predicted octanol–water partition coefficient (Wildman–Crippen LogP) is 3.25. The Morgan fingerprint density at radius 1 is 1.67 bits per heavy atom. The molecule has 1 aromatic heterocycles. The van der Waals surface area contributed by atoms with Gasteiger partial charge >= 0.3 is 0 Å². The third kappa shape index (κ3) is 3.13. The molecule has 1 unspecified atom stereocenters. The van der Waals surface area contributed by atoms with E-state index in [9.17, 15) is 4.39 Å². The van der Waals surface area contributed by atoms with E-state index >= 15 is 0 Å². The van der Waals surface area contributed by atoms with Gasteiger partial charge in [-0.05, 0) is 19.9 Å². The zero-order valence-corrected chi connectivity index (χ0v) is 12.6. The Morgan fingerprint density at radius 2 is 2.39 bits per heavy atom. The van der Waals surface area contributed by atoms with Crippen molar-refractivity contribution in [1.82, 2.24) is 4.98 Å². The summed E-state index contributed by atoms with van der Waals surface area (Å²) in [5, 5.41) is 1.02. The number of hydrogen-bond donors (Lipinski definition) is 0. The molecule has 18 heavy (non-hydrogen) atoms. The molecule has 0 aliphatic carbocycles. The summed E-state index contributed by atoms with van der Waals surface area (Å²) in [5.41, 5.74) is -0.329. The van der Waals surface area contributed by atoms with E-state index in [4.69, 9.17) is 16.3 Å². The summed E-state index contributed by atoms with van der Waals surface area (Å²) in [6, 6.07) is 1.29. The average molecular weight is 338 g/mol. The Labute approximate surface area is 119 Å². The number of alkyl halides is 1. The van der Waals surface area contributed by atoms with Gasteiger partial charge in [0, 0.05) is 24.6 Å². The molecule has 1 aromatic rings. The first kappa shape index (κ1) is 14.0. The van der Waals surface area contributed by atoms with Crippen LogP contribution in [0.15, 0.2) is 12.3 Å². The molecular formula is C12H15BrClFN2O. The fraction of sp³-hybridized carbons (Fsp3) is 0.583. The summed E-state index contributed by atoms with van der Waals surface area (Å²) >= 11 is 9.12. The topological polar surface area (TPSA) is 25.4 Å². The number of hydrogen-bond acceptors (Lipinski definition) is 3. The number of halogens is 3. The Bertz CT molecular complexity index is 444. The van der Waals surface area contributed by atoms with Gasteiger partial charge in [-0.15, -0.1) is 0 Å². The molecule has 100 valence electrons. The van der Waals surface area contributed by atoms with Gasteiger partial charge in [-0.3, -0.25) is 0 Å². The minimum absolute atomic E-state index is 0.0191. The van der Waals surface area contributed by atoms with Crippen molar-refractivity contribution in [3.63, 3.8) is 0 Å². The molecule has 1 saturated heterocycles. The van der Waals surface area contributed by atoms with E-state index in [0.29, 0.717) is 29.3 Å². The molecular weight excluding hydrogens is 322 g/mol. The molecule has 1 aliphatic heterocycles. The second-order valence-electron chi connectivity index (χ2n) is 4.99. The first-order chi connectivity index (χ1) is 8.41. The largest absolute Gasteiger partial charge is 0.368 e. The Kier molecular flexibility index (Phi) is 4.14. The fourth-order valence-electron chi connectivity index (χ4n) is 2.18. The minimum Gasteiger partial charge on any atom is -0.368 e. The number of anilines is 1. The van der Waals surface area contributed by atoms with Crippen LogP contribution in [-0.2, 0) is 4.74 Å². The number of nitrogens with zero attached hydrogens (tertiary/aromatic N) is 2. The van der Waals surface area contributed by atoms with E-state index in [-0.39, 0.29) is 11.7 Å². The average Bonchev–Trinajstić information content (AvgIpc) is 2.26. The number of aromatic nitrogens is 1. The van der Waals surface area contributed by atoms with Crippen LogP contribution in [0.5, 0.6) is 0 Å². The highest BCUT2D eigenvalue weighted by Gasteiger charge is 2.34. The molecule has 2 rings (SSSR count). The number of pyridine rings is 1. The molecule has 0 radical (unpaired) electrons. The van der Waals surface area contributed by atoms with E-state index in [1.807, 2.05) is 18.7 Å². The molecule has 1 atom stereocenters. The van der Waals surface area contributed by atoms with Crippen molar-refractivity contribution in [3.05, 3.63) is 23.1 Å². The summed E-state index contributed by atoms with van der Waals surface area (Å²) in [5.74, 6) is -0.0600. The van der Waals surface area contributed by atoms with Gasteiger partial charge in [-0.25, -0.2) is 9.37 Å². The smallest absolute Gasteiger partial charge is 0.167 e. The normalized spacial score (nSPS) is 23.2. The van der Waals surface area contributed by atoms with Crippen molar-refractivity contribution in [1.29, 1.82) is 0 Å². The zero-order chi connectivity index (χ0) is 13.3. The second kappa shape index (κ2) is 5.31. The minimum atomic E-state index is -0.395. The van der Waals surface area contributed by atoms with Crippen molar-refractivity contribution >= 4 is 33.3 Å². The third-order valence-electron chi connectivity index (χ3n) is 2.74. The highest BCUT2D eigenvalue weighted by molar-refractivity contribution is 9.09. The van der Waals surface area contributed by atoms with Crippen molar-refractivity contribution in [2.75, 3.05) is 23.3 Å². The summed E-state index contributed by atoms with van der Waals surface area (Å²) < 4.78 is 19.8. The number of rotatable bonds is 2. The Balaban J connectivity index is 2.26. The summed E-state index contributed by atoms with van der Waals surface area (Å²) in [6.07, 6.45) is 1.48. The number of ether oxygens (including phenoxy) is 1. The molecule has 3 nitrogen and oxygen atoms in total. The summed E-state index contributed by atoms with van der Waals surface area (Å²) in [7, 11) is 0. The van der Waals surface area contributed by atoms with Crippen molar-refractivity contribution < 1.29 is 9.13 Å². The van der Waals surface area contributed by atoms with E-state index < -0.39 is 5.82 Å². The molecule has 0 bridgehead atoms. The zero-order valence-electron chi connectivity index (χ0n) is 10.3. The SMILES string of the molecule is CC1(C)CN(c2ncc(Cl)cc2F)CC(CBr)O1. The van der Waals surface area contributed by atoms with Crippen LogP contribution >= 0.6 is 27.5 Å². The maximum absolute atomic E-state index is 13.9. The maximum Gasteiger partial charge on any atom is 0.167 e. The van der Waals surface area contributed by atoms with Crippen LogP contribution in [0.3, 0.4) is 0 Å². The molecule has 0 amide bonds. The molecule has 0 N–H and O–H groups in total.